The van der Waals surface area contributed by atoms with Gasteiger partial charge in [0.15, 0.2) is 0 Å². The summed E-state index contributed by atoms with van der Waals surface area (Å²) in [5, 5.41) is 4.84. The highest BCUT2D eigenvalue weighted by Crippen LogP contribution is 2.22. The zero-order valence-corrected chi connectivity index (χ0v) is 15.4. The quantitative estimate of drug-likeness (QED) is 0.672. The minimum Gasteiger partial charge on any atom is -0.359 e. The summed E-state index contributed by atoms with van der Waals surface area (Å²) in [6, 6.07) is 4.44. The maximum absolute atomic E-state index is 13.0. The van der Waals surface area contributed by atoms with Crippen LogP contribution in [0.1, 0.15) is 13.8 Å². The molecule has 1 aromatic carbocycles. The summed E-state index contributed by atoms with van der Waals surface area (Å²) in [5.74, 6) is -2.00. The van der Waals surface area contributed by atoms with Gasteiger partial charge in [-0.05, 0) is 30.2 Å². The van der Waals surface area contributed by atoms with Crippen molar-refractivity contribution in [3.8, 4) is 0 Å². The fraction of sp³-hybridized carbons (Fsp3) is 0.500. The third kappa shape index (κ3) is 4.99. The average molecular weight is 387 g/mol. The number of halogens is 1. The average Bonchev–Trinajstić information content (AvgIpc) is 3.07. The summed E-state index contributed by atoms with van der Waals surface area (Å²) in [7, 11) is -3.90. The second-order valence-corrected chi connectivity index (χ2v) is 8.10. The van der Waals surface area contributed by atoms with Gasteiger partial charge in [0.05, 0.1) is 18.0 Å². The summed E-state index contributed by atoms with van der Waals surface area (Å²) in [6.07, 6.45) is -0.938. The van der Waals surface area contributed by atoms with Crippen LogP contribution >= 0.6 is 0 Å². The second kappa shape index (κ2) is 8.56. The molecule has 0 aromatic heterocycles. The molecule has 1 aromatic rings. The maximum Gasteiger partial charge on any atom is 0.309 e. The van der Waals surface area contributed by atoms with Crippen molar-refractivity contribution in [1.29, 1.82) is 0 Å². The topological polar surface area (TPSA) is 105 Å². The monoisotopic (exact) mass is 387 g/mol. The number of amides is 2. The third-order valence-electron chi connectivity index (χ3n) is 3.68. The van der Waals surface area contributed by atoms with Crippen LogP contribution in [-0.2, 0) is 24.3 Å². The minimum absolute atomic E-state index is 0.0737. The molecule has 2 N–H and O–H groups in total. The first-order valence-electron chi connectivity index (χ1n) is 8.17. The standard InChI is InChI=1S/C16H22FN3O5S/c1-11(2)9-18-15(21)16(22)19-10-14-20(7-8-25-14)26(23,24)13-5-3-12(17)4-6-13/h3-6,11,14H,7-10H2,1-2H3,(H,18,21)(H,19,22). The lowest BCUT2D eigenvalue weighted by Crippen LogP contribution is -2.47. The predicted molar refractivity (Wildman–Crippen MR) is 90.9 cm³/mol. The molecule has 8 nitrogen and oxygen atoms in total. The van der Waals surface area contributed by atoms with Gasteiger partial charge in [0, 0.05) is 13.1 Å². The van der Waals surface area contributed by atoms with Crippen molar-refractivity contribution >= 4 is 21.8 Å². The molecule has 1 atom stereocenters. The number of nitrogens with one attached hydrogen (secondary N) is 2. The van der Waals surface area contributed by atoms with Crippen LogP contribution in [-0.4, -0.2) is 57.0 Å². The summed E-state index contributed by atoms with van der Waals surface area (Å²) in [6.45, 7) is 4.22. The predicted octanol–water partition coefficient (Wildman–Crippen LogP) is 0.0611. The first-order chi connectivity index (χ1) is 12.2. The lowest BCUT2D eigenvalue weighted by atomic mass is 10.2. The van der Waals surface area contributed by atoms with Gasteiger partial charge in [-0.2, -0.15) is 4.31 Å². The third-order valence-corrected chi connectivity index (χ3v) is 5.58. The zero-order valence-electron chi connectivity index (χ0n) is 14.6. The number of nitrogens with zero attached hydrogens (tertiary/aromatic N) is 1. The van der Waals surface area contributed by atoms with Crippen LogP contribution in [0.25, 0.3) is 0 Å². The Morgan fingerprint density at radius 3 is 2.46 bits per heavy atom. The fourth-order valence-corrected chi connectivity index (χ4v) is 3.83. The lowest BCUT2D eigenvalue weighted by molar-refractivity contribution is -0.139. The summed E-state index contributed by atoms with van der Waals surface area (Å²) < 4.78 is 44.7. The molecule has 1 aliphatic rings. The summed E-state index contributed by atoms with van der Waals surface area (Å²) in [5.41, 5.74) is 0. The van der Waals surface area contributed by atoms with E-state index in [-0.39, 0.29) is 30.5 Å². The number of rotatable bonds is 6. The number of carbonyl (C=O) groups excluding carboxylic acids is 2. The number of benzene rings is 1. The smallest absolute Gasteiger partial charge is 0.309 e. The Morgan fingerprint density at radius 1 is 1.23 bits per heavy atom. The molecule has 1 heterocycles. The first-order valence-corrected chi connectivity index (χ1v) is 9.61. The number of carbonyl (C=O) groups is 2. The van der Waals surface area contributed by atoms with Gasteiger partial charge in [0.2, 0.25) is 10.0 Å². The Morgan fingerprint density at radius 2 is 1.85 bits per heavy atom. The Labute approximate surface area is 151 Å². The maximum atomic E-state index is 13.0. The van der Waals surface area contributed by atoms with Crippen molar-refractivity contribution in [2.75, 3.05) is 26.2 Å². The van der Waals surface area contributed by atoms with Gasteiger partial charge in [-0.1, -0.05) is 13.8 Å². The molecular weight excluding hydrogens is 365 g/mol. The van der Waals surface area contributed by atoms with Crippen molar-refractivity contribution in [3.05, 3.63) is 30.1 Å². The van der Waals surface area contributed by atoms with E-state index in [0.29, 0.717) is 6.54 Å². The SMILES string of the molecule is CC(C)CNC(=O)C(=O)NCC1OCCN1S(=O)(=O)c1ccc(F)cc1. The molecule has 1 unspecified atom stereocenters. The van der Waals surface area contributed by atoms with Gasteiger partial charge in [-0.25, -0.2) is 12.8 Å². The minimum atomic E-state index is -3.90. The summed E-state index contributed by atoms with van der Waals surface area (Å²) >= 11 is 0. The number of ether oxygens (including phenoxy) is 1. The van der Waals surface area contributed by atoms with Gasteiger partial charge in [0.1, 0.15) is 12.0 Å². The molecule has 0 bridgehead atoms. The largest absolute Gasteiger partial charge is 0.359 e. The molecule has 0 aliphatic carbocycles. The highest BCUT2D eigenvalue weighted by atomic mass is 32.2. The highest BCUT2D eigenvalue weighted by Gasteiger charge is 2.36. The molecule has 1 aliphatic heterocycles. The van der Waals surface area contributed by atoms with E-state index in [4.69, 9.17) is 4.74 Å². The van der Waals surface area contributed by atoms with Gasteiger partial charge in [-0.15, -0.1) is 0 Å². The van der Waals surface area contributed by atoms with Crippen LogP contribution in [0.15, 0.2) is 29.2 Å². The molecule has 2 amide bonds. The van der Waals surface area contributed by atoms with Crippen molar-refractivity contribution in [3.63, 3.8) is 0 Å². The summed E-state index contributed by atoms with van der Waals surface area (Å²) in [4.78, 5) is 23.4. The normalized spacial score (nSPS) is 18.1. The lowest BCUT2D eigenvalue weighted by Gasteiger charge is -2.22. The molecule has 26 heavy (non-hydrogen) atoms. The van der Waals surface area contributed by atoms with E-state index < -0.39 is 33.9 Å². The van der Waals surface area contributed by atoms with Gasteiger partial charge in [-0.3, -0.25) is 9.59 Å². The van der Waals surface area contributed by atoms with E-state index >= 15 is 0 Å². The van der Waals surface area contributed by atoms with Crippen molar-refractivity contribution in [1.82, 2.24) is 14.9 Å². The molecule has 0 saturated carbocycles. The van der Waals surface area contributed by atoms with E-state index in [1.165, 1.54) is 0 Å². The molecule has 0 spiro atoms. The molecule has 1 saturated heterocycles. The van der Waals surface area contributed by atoms with Crippen molar-refractivity contribution in [2.24, 2.45) is 5.92 Å². The fourth-order valence-electron chi connectivity index (χ4n) is 2.32. The first kappa shape index (κ1) is 20.3. The van der Waals surface area contributed by atoms with Crippen LogP contribution in [0.3, 0.4) is 0 Å². The van der Waals surface area contributed by atoms with E-state index in [2.05, 4.69) is 10.6 Å². The Kier molecular flexibility index (Phi) is 6.68. The molecule has 1 fully saturated rings. The van der Waals surface area contributed by atoms with E-state index in [1.54, 1.807) is 0 Å². The number of hydrogen-bond donors (Lipinski definition) is 2. The van der Waals surface area contributed by atoms with Crippen LogP contribution in [0, 0.1) is 11.7 Å². The molecule has 10 heteroatoms. The Bertz CT molecular complexity index is 752. The van der Waals surface area contributed by atoms with E-state index in [9.17, 15) is 22.4 Å². The van der Waals surface area contributed by atoms with Crippen LogP contribution < -0.4 is 10.6 Å². The zero-order chi connectivity index (χ0) is 19.3. The number of hydrogen-bond acceptors (Lipinski definition) is 5. The van der Waals surface area contributed by atoms with Crippen LogP contribution in [0.2, 0.25) is 0 Å². The molecular formula is C16H22FN3O5S. The Hall–Kier alpha value is -2.04. The number of sulfonamides is 1. The Balaban J connectivity index is 1.98. The highest BCUT2D eigenvalue weighted by molar-refractivity contribution is 7.89. The van der Waals surface area contributed by atoms with Crippen molar-refractivity contribution < 1.29 is 27.1 Å². The van der Waals surface area contributed by atoms with E-state index in [0.717, 1.165) is 28.6 Å². The second-order valence-electron chi connectivity index (χ2n) is 6.21. The van der Waals surface area contributed by atoms with Crippen LogP contribution in [0.4, 0.5) is 4.39 Å². The molecule has 2 rings (SSSR count). The molecule has 144 valence electrons. The van der Waals surface area contributed by atoms with Gasteiger partial charge >= 0.3 is 11.8 Å². The van der Waals surface area contributed by atoms with Gasteiger partial charge < -0.3 is 15.4 Å². The van der Waals surface area contributed by atoms with Crippen molar-refractivity contribution in [2.45, 2.75) is 25.0 Å². The van der Waals surface area contributed by atoms with Crippen LogP contribution in [0.5, 0.6) is 0 Å². The molecule has 0 radical (unpaired) electrons. The van der Waals surface area contributed by atoms with Gasteiger partial charge in [0.25, 0.3) is 0 Å². The van der Waals surface area contributed by atoms with E-state index in [1.807, 2.05) is 13.8 Å².